The first-order valence-corrected chi connectivity index (χ1v) is 12.9. The van der Waals surface area contributed by atoms with E-state index in [-0.39, 0.29) is 29.7 Å². The number of phenols is 1. The number of hydrogen-bond acceptors (Lipinski definition) is 10. The second-order valence-electron chi connectivity index (χ2n) is 11.0. The zero-order valence-electron chi connectivity index (χ0n) is 21.5. The maximum atomic E-state index is 13.9. The Morgan fingerprint density at radius 1 is 1.18 bits per heavy atom. The molecule has 5 rings (SSSR count). The van der Waals surface area contributed by atoms with Gasteiger partial charge in [-0.05, 0) is 76.0 Å². The van der Waals surface area contributed by atoms with Gasteiger partial charge in [0.15, 0.2) is 11.4 Å². The standard InChI is InChI=1S/C27H34N4O7/c1-31(2)21-16-10-13-9-15-12(11-30-14-5-7-29-8-6-14)3-4-17(32)19(15)22(33)18(13)24(35)27(16,38)25(36)20(23(21)34)26(28)37/h3-4,13-14,16,21,29-30,32-33,36,38H,5-11H2,1-2H3,(H2,28,37)/t13-,16-,21+,27-/m0/s1. The Hall–Kier alpha value is -3.25. The first-order valence-electron chi connectivity index (χ1n) is 12.9. The lowest BCUT2D eigenvalue weighted by Gasteiger charge is -2.50. The summed E-state index contributed by atoms with van der Waals surface area (Å²) in [6.45, 7) is 2.36. The Kier molecular flexibility index (Phi) is 6.59. The third-order valence-electron chi connectivity index (χ3n) is 8.62. The van der Waals surface area contributed by atoms with Gasteiger partial charge in [0, 0.05) is 24.1 Å². The van der Waals surface area contributed by atoms with Crippen LogP contribution in [-0.4, -0.2) is 87.7 Å². The highest BCUT2D eigenvalue weighted by Gasteiger charge is 2.64. The molecule has 4 aliphatic rings. The molecule has 3 aliphatic carbocycles. The lowest BCUT2D eigenvalue weighted by atomic mass is 9.57. The number of primary amides is 1. The van der Waals surface area contributed by atoms with E-state index in [1.54, 1.807) is 20.2 Å². The third-order valence-corrected chi connectivity index (χ3v) is 8.62. The van der Waals surface area contributed by atoms with Gasteiger partial charge < -0.3 is 36.8 Å². The molecule has 8 N–H and O–H groups in total. The SMILES string of the molecule is CN(C)[C@H]1C(=O)C(C(N)=O)=C(O)[C@@]2(O)C(=O)C3=C(O)c4c(O)ccc(CNC5CCNCC5)c4C[C@H]3C[C@@H]12. The average Bonchev–Trinajstić information content (AvgIpc) is 2.86. The van der Waals surface area contributed by atoms with Crippen molar-refractivity contribution in [2.45, 2.75) is 49.9 Å². The number of phenolic OH excluding ortho intramolecular Hbond substituents is 1. The zero-order valence-corrected chi connectivity index (χ0v) is 21.5. The normalized spacial score (nSPS) is 29.8. The Balaban J connectivity index is 1.60. The van der Waals surface area contributed by atoms with Crippen LogP contribution in [0.25, 0.3) is 5.76 Å². The lowest BCUT2D eigenvalue weighted by molar-refractivity contribution is -0.153. The van der Waals surface area contributed by atoms with Crippen LogP contribution in [0.1, 0.15) is 36.0 Å². The summed E-state index contributed by atoms with van der Waals surface area (Å²) < 4.78 is 0. The van der Waals surface area contributed by atoms with E-state index < -0.39 is 58.0 Å². The number of rotatable bonds is 5. The summed E-state index contributed by atoms with van der Waals surface area (Å²) in [5.41, 5.74) is 3.44. The minimum atomic E-state index is -2.63. The summed E-state index contributed by atoms with van der Waals surface area (Å²) in [6.07, 6.45) is 2.32. The van der Waals surface area contributed by atoms with Crippen molar-refractivity contribution < 1.29 is 34.8 Å². The lowest BCUT2D eigenvalue weighted by Crippen LogP contribution is -2.65. The maximum absolute atomic E-state index is 13.9. The summed E-state index contributed by atoms with van der Waals surface area (Å²) in [7, 11) is 3.16. The largest absolute Gasteiger partial charge is 0.508 e. The van der Waals surface area contributed by atoms with Crippen LogP contribution in [0, 0.1) is 11.8 Å². The van der Waals surface area contributed by atoms with E-state index in [2.05, 4.69) is 10.6 Å². The molecule has 1 saturated heterocycles. The summed E-state index contributed by atoms with van der Waals surface area (Å²) in [5.74, 6) is -6.46. The number of benzene rings is 1. The molecular formula is C27H34N4O7. The number of aliphatic hydroxyl groups excluding tert-OH is 2. The molecule has 0 aromatic heterocycles. The van der Waals surface area contributed by atoms with Gasteiger partial charge in [0.25, 0.3) is 5.91 Å². The number of amides is 1. The van der Waals surface area contributed by atoms with Gasteiger partial charge in [-0.15, -0.1) is 0 Å². The van der Waals surface area contributed by atoms with Crippen LogP contribution in [0.5, 0.6) is 5.75 Å². The summed E-state index contributed by atoms with van der Waals surface area (Å²) >= 11 is 0. The van der Waals surface area contributed by atoms with E-state index in [1.807, 2.05) is 0 Å². The molecule has 0 bridgehead atoms. The molecule has 4 atom stereocenters. The smallest absolute Gasteiger partial charge is 0.255 e. The number of nitrogens with zero attached hydrogens (tertiary/aromatic N) is 1. The van der Waals surface area contributed by atoms with Crippen LogP contribution in [-0.2, 0) is 27.3 Å². The highest BCUT2D eigenvalue weighted by Crippen LogP contribution is 2.52. The van der Waals surface area contributed by atoms with Crippen LogP contribution in [0.4, 0.5) is 0 Å². The van der Waals surface area contributed by atoms with Crippen LogP contribution < -0.4 is 16.4 Å². The summed E-state index contributed by atoms with van der Waals surface area (Å²) in [6, 6.07) is 2.49. The Morgan fingerprint density at radius 2 is 1.87 bits per heavy atom. The molecule has 0 unspecified atom stereocenters. The van der Waals surface area contributed by atoms with Gasteiger partial charge in [-0.1, -0.05) is 6.07 Å². The van der Waals surface area contributed by atoms with Crippen molar-refractivity contribution in [3.05, 3.63) is 45.7 Å². The molecule has 204 valence electrons. The molecule has 2 fully saturated rings. The second-order valence-corrected chi connectivity index (χ2v) is 11.0. The predicted molar refractivity (Wildman–Crippen MR) is 137 cm³/mol. The van der Waals surface area contributed by atoms with Gasteiger partial charge in [0.2, 0.25) is 5.78 Å². The predicted octanol–water partition coefficient (Wildman–Crippen LogP) is -0.194. The van der Waals surface area contributed by atoms with E-state index in [1.165, 1.54) is 11.0 Å². The molecule has 0 radical (unpaired) electrons. The highest BCUT2D eigenvalue weighted by atomic mass is 16.3. The van der Waals surface area contributed by atoms with E-state index in [4.69, 9.17) is 5.73 Å². The quantitative estimate of drug-likeness (QED) is 0.254. The van der Waals surface area contributed by atoms with Crippen LogP contribution in [0.2, 0.25) is 0 Å². The van der Waals surface area contributed by atoms with Crippen LogP contribution in [0.3, 0.4) is 0 Å². The van der Waals surface area contributed by atoms with Crippen molar-refractivity contribution in [3.63, 3.8) is 0 Å². The number of nitrogens with two attached hydrogens (primary N) is 1. The number of aliphatic hydroxyl groups is 3. The van der Waals surface area contributed by atoms with Crippen LogP contribution in [0.15, 0.2) is 29.0 Å². The van der Waals surface area contributed by atoms with Gasteiger partial charge in [0.05, 0.1) is 11.6 Å². The number of carbonyl (C=O) groups excluding carboxylic acids is 3. The van der Waals surface area contributed by atoms with Gasteiger partial charge in [-0.2, -0.15) is 0 Å². The fraction of sp³-hybridized carbons (Fsp3) is 0.519. The van der Waals surface area contributed by atoms with Crippen molar-refractivity contribution in [1.29, 1.82) is 0 Å². The first kappa shape index (κ1) is 26.4. The molecule has 1 aliphatic heterocycles. The molecule has 1 aromatic rings. The molecular weight excluding hydrogens is 492 g/mol. The van der Waals surface area contributed by atoms with Crippen molar-refractivity contribution in [2.75, 3.05) is 27.2 Å². The highest BCUT2D eigenvalue weighted by molar-refractivity contribution is 6.24. The third kappa shape index (κ3) is 3.84. The fourth-order valence-corrected chi connectivity index (χ4v) is 6.75. The second kappa shape index (κ2) is 9.49. The van der Waals surface area contributed by atoms with Crippen molar-refractivity contribution in [1.82, 2.24) is 15.5 Å². The molecule has 1 amide bonds. The Labute approximate surface area is 220 Å². The van der Waals surface area contributed by atoms with Crippen molar-refractivity contribution in [2.24, 2.45) is 17.6 Å². The molecule has 38 heavy (non-hydrogen) atoms. The maximum Gasteiger partial charge on any atom is 0.255 e. The topological polar surface area (TPSA) is 185 Å². The van der Waals surface area contributed by atoms with Crippen molar-refractivity contribution >= 4 is 23.2 Å². The fourth-order valence-electron chi connectivity index (χ4n) is 6.75. The molecule has 11 nitrogen and oxygen atoms in total. The Bertz CT molecular complexity index is 1280. The molecule has 1 saturated carbocycles. The molecule has 11 heteroatoms. The van der Waals surface area contributed by atoms with E-state index in [0.29, 0.717) is 18.2 Å². The van der Waals surface area contributed by atoms with Crippen LogP contribution >= 0.6 is 0 Å². The molecule has 1 heterocycles. The monoisotopic (exact) mass is 526 g/mol. The number of piperidine rings is 1. The number of hydrogen-bond donors (Lipinski definition) is 7. The first-order chi connectivity index (χ1) is 18.0. The minimum absolute atomic E-state index is 0.0720. The average molecular weight is 527 g/mol. The number of carbonyl (C=O) groups is 3. The zero-order chi connectivity index (χ0) is 27.5. The molecule has 1 aromatic carbocycles. The van der Waals surface area contributed by atoms with E-state index in [0.717, 1.165) is 31.5 Å². The van der Waals surface area contributed by atoms with Gasteiger partial charge in [0.1, 0.15) is 22.8 Å². The number of ketones is 2. The number of likely N-dealkylation sites (N-methyl/N-ethyl adjacent to an activating group) is 1. The summed E-state index contributed by atoms with van der Waals surface area (Å²) in [5, 5.41) is 51.5. The molecule has 0 spiro atoms. The number of Topliss-reactive ketones (excluding diaryl/α,β-unsaturated/α-hetero) is 2. The number of nitrogens with one attached hydrogen (secondary N) is 2. The number of aromatic hydroxyl groups is 1. The Morgan fingerprint density at radius 3 is 2.50 bits per heavy atom. The van der Waals surface area contributed by atoms with Gasteiger partial charge in [-0.3, -0.25) is 19.3 Å². The van der Waals surface area contributed by atoms with Gasteiger partial charge >= 0.3 is 0 Å². The van der Waals surface area contributed by atoms with E-state index in [9.17, 15) is 34.8 Å². The van der Waals surface area contributed by atoms with E-state index >= 15 is 0 Å². The minimum Gasteiger partial charge on any atom is -0.508 e. The number of fused-ring (bicyclic) bond motifs is 3. The van der Waals surface area contributed by atoms with Gasteiger partial charge in [-0.25, -0.2) is 0 Å². The van der Waals surface area contributed by atoms with Crippen molar-refractivity contribution in [3.8, 4) is 5.75 Å². The summed E-state index contributed by atoms with van der Waals surface area (Å²) in [4.78, 5) is 40.6.